The molecule has 0 saturated carbocycles. The number of imide groups is 1. The van der Waals surface area contributed by atoms with Crippen molar-refractivity contribution >= 4 is 27.6 Å². The molecule has 0 radical (unpaired) electrons. The van der Waals surface area contributed by atoms with Gasteiger partial charge >= 0.3 is 16.3 Å². The molecule has 0 aliphatic carbocycles. The minimum atomic E-state index is -4.57. The van der Waals surface area contributed by atoms with Crippen molar-refractivity contribution in [2.75, 3.05) is 11.2 Å². The zero-order valence-corrected chi connectivity index (χ0v) is 14.8. The quantitative estimate of drug-likeness (QED) is 0.585. The van der Waals surface area contributed by atoms with Crippen molar-refractivity contribution < 1.29 is 35.4 Å². The number of carbonyl (C=O) groups is 2. The lowest BCUT2D eigenvalue weighted by Gasteiger charge is -2.18. The van der Waals surface area contributed by atoms with E-state index in [1.807, 2.05) is 0 Å². The van der Waals surface area contributed by atoms with Crippen molar-refractivity contribution in [3.63, 3.8) is 0 Å². The standard InChI is InChI=1S/C17H12F3NO5S/c1-9-8-10(17(18,19)20)6-7-12(9)21-15(22)11-4-3-5-13(14(11)16(21)23)26-27(2,24)25/h3-8H,1-2H3. The monoisotopic (exact) mass is 399 g/mol. The van der Waals surface area contributed by atoms with Gasteiger partial charge in [0.05, 0.1) is 28.6 Å². The Kier molecular flexibility index (Phi) is 4.26. The molecule has 10 heteroatoms. The van der Waals surface area contributed by atoms with Crippen LogP contribution in [0.2, 0.25) is 0 Å². The zero-order chi connectivity index (χ0) is 20.1. The summed E-state index contributed by atoms with van der Waals surface area (Å²) in [6.45, 7) is 1.34. The van der Waals surface area contributed by atoms with Crippen LogP contribution in [-0.4, -0.2) is 26.5 Å². The fraction of sp³-hybridized carbons (Fsp3) is 0.176. The third-order valence-electron chi connectivity index (χ3n) is 3.88. The summed E-state index contributed by atoms with van der Waals surface area (Å²) in [5, 5.41) is 0. The summed E-state index contributed by atoms with van der Waals surface area (Å²) in [4.78, 5) is 26.1. The summed E-state index contributed by atoms with van der Waals surface area (Å²) in [6.07, 6.45) is -3.78. The number of benzene rings is 2. The lowest BCUT2D eigenvalue weighted by atomic mass is 10.1. The predicted molar refractivity (Wildman–Crippen MR) is 89.2 cm³/mol. The molecule has 0 N–H and O–H groups in total. The first-order valence-corrected chi connectivity index (χ1v) is 9.31. The van der Waals surface area contributed by atoms with Crippen molar-refractivity contribution in [2.24, 2.45) is 0 Å². The van der Waals surface area contributed by atoms with E-state index in [0.717, 1.165) is 24.5 Å². The number of rotatable bonds is 3. The van der Waals surface area contributed by atoms with Crippen LogP contribution in [0, 0.1) is 6.92 Å². The van der Waals surface area contributed by atoms with Crippen LogP contribution in [-0.2, 0) is 16.3 Å². The van der Waals surface area contributed by atoms with Gasteiger partial charge in [0.1, 0.15) is 0 Å². The predicted octanol–water partition coefficient (Wildman–Crippen LogP) is 3.15. The highest BCUT2D eigenvalue weighted by molar-refractivity contribution is 7.86. The van der Waals surface area contributed by atoms with Crippen molar-refractivity contribution in [2.45, 2.75) is 13.1 Å². The molecule has 0 atom stereocenters. The van der Waals surface area contributed by atoms with Gasteiger partial charge in [-0.1, -0.05) is 6.07 Å². The summed E-state index contributed by atoms with van der Waals surface area (Å²) < 4.78 is 66.0. The third kappa shape index (κ3) is 3.39. The number of carbonyl (C=O) groups excluding carboxylic acids is 2. The average Bonchev–Trinajstić information content (AvgIpc) is 2.78. The number of hydrogen-bond acceptors (Lipinski definition) is 5. The molecule has 0 bridgehead atoms. The number of amides is 2. The number of fused-ring (bicyclic) bond motifs is 1. The molecular formula is C17H12F3NO5S. The highest BCUT2D eigenvalue weighted by Crippen LogP contribution is 2.38. The van der Waals surface area contributed by atoms with Gasteiger partial charge in [-0.2, -0.15) is 21.6 Å². The molecule has 1 aliphatic rings. The Morgan fingerprint density at radius 3 is 2.26 bits per heavy atom. The van der Waals surface area contributed by atoms with E-state index in [1.54, 1.807) is 0 Å². The third-order valence-corrected chi connectivity index (χ3v) is 4.37. The Balaban J connectivity index is 2.09. The fourth-order valence-corrected chi connectivity index (χ4v) is 3.25. The molecule has 2 aromatic carbocycles. The Morgan fingerprint density at radius 2 is 1.70 bits per heavy atom. The maximum atomic E-state index is 12.8. The second-order valence-corrected chi connectivity index (χ2v) is 7.49. The SMILES string of the molecule is Cc1cc(C(F)(F)F)ccc1N1C(=O)c2cccc(OS(C)(=O)=O)c2C1=O. The van der Waals surface area contributed by atoms with Crippen LogP contribution in [0.5, 0.6) is 5.75 Å². The minimum absolute atomic E-state index is 0.0282. The highest BCUT2D eigenvalue weighted by atomic mass is 32.2. The van der Waals surface area contributed by atoms with Crippen molar-refractivity contribution in [3.8, 4) is 5.75 Å². The number of halogens is 3. The molecule has 6 nitrogen and oxygen atoms in total. The Labute approximate surface area is 152 Å². The van der Waals surface area contributed by atoms with Crippen molar-refractivity contribution in [1.29, 1.82) is 0 Å². The van der Waals surface area contributed by atoms with Crippen molar-refractivity contribution in [1.82, 2.24) is 0 Å². The largest absolute Gasteiger partial charge is 0.416 e. The molecule has 2 aromatic rings. The number of alkyl halides is 3. The topological polar surface area (TPSA) is 80.8 Å². The van der Waals surface area contributed by atoms with Crippen LogP contribution in [0.4, 0.5) is 18.9 Å². The van der Waals surface area contributed by atoms with E-state index in [4.69, 9.17) is 4.18 Å². The Bertz CT molecular complexity index is 1080. The van der Waals surface area contributed by atoms with E-state index in [2.05, 4.69) is 0 Å². The molecular weight excluding hydrogens is 387 g/mol. The van der Waals surface area contributed by atoms with Gasteiger partial charge in [-0.25, -0.2) is 4.90 Å². The molecule has 0 spiro atoms. The first-order valence-electron chi connectivity index (χ1n) is 7.49. The minimum Gasteiger partial charge on any atom is -0.382 e. The molecule has 2 amide bonds. The smallest absolute Gasteiger partial charge is 0.382 e. The molecule has 1 aliphatic heterocycles. The van der Waals surface area contributed by atoms with E-state index < -0.39 is 33.7 Å². The van der Waals surface area contributed by atoms with Gasteiger partial charge in [0.25, 0.3) is 11.8 Å². The van der Waals surface area contributed by atoms with Crippen LogP contribution in [0.15, 0.2) is 36.4 Å². The molecule has 0 fully saturated rings. The second kappa shape index (κ2) is 6.08. The number of hydrogen-bond donors (Lipinski definition) is 0. The molecule has 3 rings (SSSR count). The Hall–Kier alpha value is -2.88. The summed E-state index contributed by atoms with van der Waals surface area (Å²) in [6, 6.07) is 6.48. The average molecular weight is 399 g/mol. The summed E-state index contributed by atoms with van der Waals surface area (Å²) in [7, 11) is -3.96. The number of anilines is 1. The molecule has 0 saturated heterocycles. The van der Waals surface area contributed by atoms with Crippen LogP contribution in [0.3, 0.4) is 0 Å². The second-order valence-electron chi connectivity index (χ2n) is 5.91. The Morgan fingerprint density at radius 1 is 1.04 bits per heavy atom. The van der Waals surface area contributed by atoms with Crippen LogP contribution >= 0.6 is 0 Å². The van der Waals surface area contributed by atoms with E-state index in [0.29, 0.717) is 4.90 Å². The van der Waals surface area contributed by atoms with Crippen molar-refractivity contribution in [3.05, 3.63) is 58.7 Å². The molecule has 1 heterocycles. The van der Waals surface area contributed by atoms with Gasteiger partial charge < -0.3 is 4.18 Å². The summed E-state index contributed by atoms with van der Waals surface area (Å²) in [5.41, 5.74) is -1.24. The summed E-state index contributed by atoms with van der Waals surface area (Å²) >= 11 is 0. The summed E-state index contributed by atoms with van der Waals surface area (Å²) in [5.74, 6) is -1.98. The lowest BCUT2D eigenvalue weighted by molar-refractivity contribution is -0.137. The first-order chi connectivity index (χ1) is 12.4. The van der Waals surface area contributed by atoms with E-state index in [1.165, 1.54) is 25.1 Å². The van der Waals surface area contributed by atoms with Crippen LogP contribution < -0.4 is 9.08 Å². The number of aryl methyl sites for hydroxylation is 1. The number of nitrogens with zero attached hydrogens (tertiary/aromatic N) is 1. The molecule has 0 aromatic heterocycles. The maximum Gasteiger partial charge on any atom is 0.416 e. The zero-order valence-electron chi connectivity index (χ0n) is 14.0. The maximum absolute atomic E-state index is 12.8. The van der Waals surface area contributed by atoms with Crippen LogP contribution in [0.1, 0.15) is 31.8 Å². The van der Waals surface area contributed by atoms with Crippen LogP contribution in [0.25, 0.3) is 0 Å². The molecule has 0 unspecified atom stereocenters. The van der Waals surface area contributed by atoms with Gasteiger partial charge in [-0.15, -0.1) is 0 Å². The van der Waals surface area contributed by atoms with Gasteiger partial charge in [0.2, 0.25) is 0 Å². The lowest BCUT2D eigenvalue weighted by Crippen LogP contribution is -2.30. The van der Waals surface area contributed by atoms with E-state index in [-0.39, 0.29) is 28.1 Å². The van der Waals surface area contributed by atoms with Gasteiger partial charge in [0.15, 0.2) is 5.75 Å². The molecule has 142 valence electrons. The fourth-order valence-electron chi connectivity index (χ4n) is 2.79. The molecule has 27 heavy (non-hydrogen) atoms. The van der Waals surface area contributed by atoms with Gasteiger partial charge in [-0.05, 0) is 42.8 Å². The van der Waals surface area contributed by atoms with Gasteiger partial charge in [0, 0.05) is 0 Å². The normalized spacial score (nSPS) is 14.5. The first kappa shape index (κ1) is 18.9. The highest BCUT2D eigenvalue weighted by Gasteiger charge is 2.41. The van der Waals surface area contributed by atoms with E-state index >= 15 is 0 Å². The van der Waals surface area contributed by atoms with E-state index in [9.17, 15) is 31.2 Å². The van der Waals surface area contributed by atoms with Gasteiger partial charge in [-0.3, -0.25) is 9.59 Å².